The van der Waals surface area contributed by atoms with Crippen LogP contribution in [0.15, 0.2) is 61.1 Å². The second-order valence-corrected chi connectivity index (χ2v) is 9.40. The molecule has 0 spiro atoms. The van der Waals surface area contributed by atoms with Crippen LogP contribution in [0.25, 0.3) is 11.4 Å². The van der Waals surface area contributed by atoms with E-state index in [1.807, 2.05) is 18.7 Å². The molecule has 0 bridgehead atoms. The number of halogens is 3. The zero-order chi connectivity index (χ0) is 28.3. The van der Waals surface area contributed by atoms with Crippen LogP contribution in [0.3, 0.4) is 0 Å². The fraction of sp³-hybridized carbons (Fsp3) is 0.276. The third kappa shape index (κ3) is 5.88. The molecular formula is C29H27F3N6O2. The van der Waals surface area contributed by atoms with Crippen LogP contribution in [-0.2, 0) is 12.6 Å². The van der Waals surface area contributed by atoms with Crippen LogP contribution in [-0.4, -0.2) is 38.9 Å². The summed E-state index contributed by atoms with van der Waals surface area (Å²) in [6, 6.07) is 11.8. The first-order valence-electron chi connectivity index (χ1n) is 12.9. The van der Waals surface area contributed by atoms with Crippen LogP contribution in [0, 0.1) is 6.92 Å². The number of hydrogen-bond acceptors (Lipinski definition) is 7. The summed E-state index contributed by atoms with van der Waals surface area (Å²) in [6.07, 6.45) is 0.969. The van der Waals surface area contributed by atoms with Gasteiger partial charge in [-0.3, -0.25) is 4.79 Å². The number of anilines is 2. The number of carbonyl (C=O) groups is 1. The van der Waals surface area contributed by atoms with Crippen molar-refractivity contribution < 1.29 is 22.7 Å². The van der Waals surface area contributed by atoms with Crippen molar-refractivity contribution in [3.8, 4) is 23.0 Å². The predicted molar refractivity (Wildman–Crippen MR) is 145 cm³/mol. The van der Waals surface area contributed by atoms with Gasteiger partial charge in [-0.25, -0.2) is 19.9 Å². The monoisotopic (exact) mass is 548 g/mol. The van der Waals surface area contributed by atoms with E-state index in [-0.39, 0.29) is 17.1 Å². The molecule has 1 amide bonds. The number of aromatic nitrogens is 4. The summed E-state index contributed by atoms with van der Waals surface area (Å²) in [7, 11) is 0. The number of amides is 1. The fourth-order valence-electron chi connectivity index (χ4n) is 4.47. The number of nitrogens with one attached hydrogen (secondary N) is 1. The Balaban J connectivity index is 1.44. The maximum Gasteiger partial charge on any atom is 0.416 e. The van der Waals surface area contributed by atoms with E-state index in [2.05, 4.69) is 25.3 Å². The van der Waals surface area contributed by atoms with E-state index in [9.17, 15) is 18.0 Å². The van der Waals surface area contributed by atoms with Gasteiger partial charge in [0, 0.05) is 31.3 Å². The third-order valence-corrected chi connectivity index (χ3v) is 6.63. The zero-order valence-electron chi connectivity index (χ0n) is 22.0. The minimum absolute atomic E-state index is 0.110. The molecular weight excluding hydrogens is 521 g/mol. The van der Waals surface area contributed by atoms with Crippen molar-refractivity contribution in [2.75, 3.05) is 23.3 Å². The van der Waals surface area contributed by atoms with Crippen molar-refractivity contribution in [2.45, 2.75) is 39.3 Å². The van der Waals surface area contributed by atoms with Gasteiger partial charge in [-0.1, -0.05) is 13.0 Å². The van der Waals surface area contributed by atoms with Gasteiger partial charge in [0.1, 0.15) is 17.9 Å². The molecule has 1 saturated heterocycles. The Morgan fingerprint density at radius 3 is 2.60 bits per heavy atom. The molecule has 1 fully saturated rings. The molecule has 1 aliphatic heterocycles. The molecule has 8 nitrogen and oxygen atoms in total. The summed E-state index contributed by atoms with van der Waals surface area (Å²) in [5.74, 6) is 1.07. The normalized spacial score (nSPS) is 13.4. The van der Waals surface area contributed by atoms with E-state index in [0.29, 0.717) is 48.2 Å². The maximum absolute atomic E-state index is 13.5. The topological polar surface area (TPSA) is 93.1 Å². The summed E-state index contributed by atoms with van der Waals surface area (Å²) < 4.78 is 46.6. The fourth-order valence-corrected chi connectivity index (χ4v) is 4.47. The first-order chi connectivity index (χ1) is 19.2. The summed E-state index contributed by atoms with van der Waals surface area (Å²) in [6.45, 7) is 5.18. The lowest BCUT2D eigenvalue weighted by molar-refractivity contribution is -0.137. The number of nitrogens with zero attached hydrogens (tertiary/aromatic N) is 5. The van der Waals surface area contributed by atoms with Crippen LogP contribution >= 0.6 is 0 Å². The quantitative estimate of drug-likeness (QED) is 0.283. The number of carbonyl (C=O) groups excluding carboxylic acids is 1. The van der Waals surface area contributed by atoms with Crippen LogP contribution in [0.5, 0.6) is 11.6 Å². The Morgan fingerprint density at radius 2 is 1.85 bits per heavy atom. The Bertz CT molecular complexity index is 1540. The number of aryl methyl sites for hydroxylation is 2. The molecule has 0 saturated carbocycles. The van der Waals surface area contributed by atoms with Gasteiger partial charge in [0.2, 0.25) is 5.88 Å². The van der Waals surface area contributed by atoms with Gasteiger partial charge < -0.3 is 15.0 Å². The average molecular weight is 549 g/mol. The molecule has 0 radical (unpaired) electrons. The van der Waals surface area contributed by atoms with E-state index in [4.69, 9.17) is 4.74 Å². The molecule has 0 atom stereocenters. The Kier molecular flexibility index (Phi) is 7.63. The highest BCUT2D eigenvalue weighted by Gasteiger charge is 2.32. The van der Waals surface area contributed by atoms with Gasteiger partial charge in [-0.05, 0) is 67.8 Å². The molecule has 1 N–H and O–H groups in total. The molecule has 2 aromatic heterocycles. The summed E-state index contributed by atoms with van der Waals surface area (Å²) in [4.78, 5) is 32.5. The summed E-state index contributed by atoms with van der Waals surface area (Å²) in [5, 5.41) is 2.70. The molecule has 4 aromatic rings. The largest absolute Gasteiger partial charge is 0.438 e. The van der Waals surface area contributed by atoms with E-state index in [1.54, 1.807) is 30.5 Å². The van der Waals surface area contributed by atoms with Gasteiger partial charge in [0.25, 0.3) is 5.91 Å². The van der Waals surface area contributed by atoms with Gasteiger partial charge in [-0.15, -0.1) is 0 Å². The second kappa shape index (κ2) is 11.3. The smallest absolute Gasteiger partial charge is 0.416 e. The van der Waals surface area contributed by atoms with Crippen molar-refractivity contribution in [3.63, 3.8) is 0 Å². The van der Waals surface area contributed by atoms with Crippen LogP contribution in [0.2, 0.25) is 0 Å². The molecule has 206 valence electrons. The predicted octanol–water partition coefficient (Wildman–Crippen LogP) is 6.47. The lowest BCUT2D eigenvalue weighted by atomic mass is 10.1. The van der Waals surface area contributed by atoms with Crippen molar-refractivity contribution in [1.29, 1.82) is 0 Å². The van der Waals surface area contributed by atoms with E-state index >= 15 is 0 Å². The molecule has 2 aromatic carbocycles. The lowest BCUT2D eigenvalue weighted by Crippen LogP contribution is -2.22. The van der Waals surface area contributed by atoms with Gasteiger partial charge in [0.05, 0.1) is 22.5 Å². The minimum atomic E-state index is -4.54. The molecule has 1 aliphatic rings. The minimum Gasteiger partial charge on any atom is -0.438 e. The number of ether oxygens (including phenoxy) is 1. The molecule has 0 unspecified atom stereocenters. The maximum atomic E-state index is 13.5. The van der Waals surface area contributed by atoms with Crippen molar-refractivity contribution >= 4 is 17.3 Å². The molecule has 40 heavy (non-hydrogen) atoms. The number of hydrogen-bond donors (Lipinski definition) is 1. The Hall–Kier alpha value is -4.54. The molecule has 0 aliphatic carbocycles. The molecule has 3 heterocycles. The van der Waals surface area contributed by atoms with E-state index < -0.39 is 17.6 Å². The molecule has 5 rings (SSSR count). The van der Waals surface area contributed by atoms with E-state index in [0.717, 1.165) is 30.5 Å². The highest BCUT2D eigenvalue weighted by Crippen LogP contribution is 2.37. The lowest BCUT2D eigenvalue weighted by Gasteiger charge is -2.23. The Labute approximate surface area is 229 Å². The Morgan fingerprint density at radius 1 is 1.05 bits per heavy atom. The third-order valence-electron chi connectivity index (χ3n) is 6.63. The van der Waals surface area contributed by atoms with Crippen molar-refractivity contribution in [2.24, 2.45) is 0 Å². The van der Waals surface area contributed by atoms with Crippen molar-refractivity contribution in [1.82, 2.24) is 19.9 Å². The van der Waals surface area contributed by atoms with Crippen molar-refractivity contribution in [3.05, 3.63) is 83.6 Å². The number of rotatable bonds is 7. The molecule has 11 heteroatoms. The SMILES string of the molecule is CCc1ncnc(-c2cccnc2Oc2cc(C(=O)Nc3cc(C(F)(F)F)ccc3N3CCCC3)ccc2C)n1. The van der Waals surface area contributed by atoms with Gasteiger partial charge in [0.15, 0.2) is 5.82 Å². The first kappa shape index (κ1) is 27.0. The van der Waals surface area contributed by atoms with Gasteiger partial charge >= 0.3 is 6.18 Å². The number of benzene rings is 2. The summed E-state index contributed by atoms with van der Waals surface area (Å²) in [5.41, 5.74) is 1.34. The zero-order valence-corrected chi connectivity index (χ0v) is 22.0. The number of pyridine rings is 1. The van der Waals surface area contributed by atoms with Crippen LogP contribution < -0.4 is 15.0 Å². The first-order valence-corrected chi connectivity index (χ1v) is 12.9. The second-order valence-electron chi connectivity index (χ2n) is 9.40. The number of alkyl halides is 3. The van der Waals surface area contributed by atoms with Crippen LogP contribution in [0.1, 0.15) is 47.1 Å². The highest BCUT2D eigenvalue weighted by atomic mass is 19.4. The van der Waals surface area contributed by atoms with E-state index in [1.165, 1.54) is 18.5 Å². The van der Waals surface area contributed by atoms with Gasteiger partial charge in [-0.2, -0.15) is 13.2 Å². The standard InChI is InChI=1S/C29H27F3N6O2/c1-3-25-34-17-35-26(37-25)21-7-6-12-33-28(21)40-24-15-19(9-8-18(24)2)27(39)36-22-16-20(29(30,31)32)10-11-23(22)38-13-4-5-14-38/h6-12,15-17H,3-5,13-14H2,1-2H3,(H,36,39). The van der Waals surface area contributed by atoms with Crippen LogP contribution in [0.4, 0.5) is 24.5 Å². The summed E-state index contributed by atoms with van der Waals surface area (Å²) >= 11 is 0. The average Bonchev–Trinajstić information content (AvgIpc) is 3.49. The highest BCUT2D eigenvalue weighted by molar-refractivity contribution is 6.06.